The molecule has 15 heavy (non-hydrogen) atoms. The predicted octanol–water partition coefficient (Wildman–Crippen LogP) is 3.03. The average molecular weight is 199 g/mol. The summed E-state index contributed by atoms with van der Waals surface area (Å²) in [6, 6.07) is 8.10. The van der Waals surface area contributed by atoms with Gasteiger partial charge in [-0.25, -0.2) is 0 Å². The molecule has 0 aliphatic rings. The number of fused-ring (bicyclic) bond motifs is 1. The molecule has 2 heteroatoms. The predicted molar refractivity (Wildman–Crippen MR) is 62.1 cm³/mol. The number of aryl methyl sites for hydroxylation is 1. The van der Waals surface area contributed by atoms with Gasteiger partial charge in [0.05, 0.1) is 5.52 Å². The molecule has 0 amide bonds. The molecule has 0 fully saturated rings. The minimum atomic E-state index is -0.0887. The van der Waals surface area contributed by atoms with Crippen molar-refractivity contribution < 1.29 is 4.79 Å². The fraction of sp³-hybridized carbons (Fsp3) is 0.154. The maximum Gasteiger partial charge on any atom is 0.254 e. The van der Waals surface area contributed by atoms with E-state index in [-0.39, 0.29) is 5.91 Å². The van der Waals surface area contributed by atoms with Gasteiger partial charge in [0, 0.05) is 11.6 Å². The summed E-state index contributed by atoms with van der Waals surface area (Å²) < 4.78 is 1.61. The monoisotopic (exact) mass is 199 g/mol. The Morgan fingerprint density at radius 3 is 2.93 bits per heavy atom. The molecule has 0 spiro atoms. The van der Waals surface area contributed by atoms with Crippen molar-refractivity contribution >= 4 is 16.8 Å². The van der Waals surface area contributed by atoms with Gasteiger partial charge in [0.2, 0.25) is 0 Å². The zero-order valence-electron chi connectivity index (χ0n) is 8.73. The number of allylic oxidation sites excluding steroid dienone is 1. The first-order valence-corrected chi connectivity index (χ1v) is 5.03. The van der Waals surface area contributed by atoms with Crippen LogP contribution in [0.2, 0.25) is 0 Å². The van der Waals surface area contributed by atoms with E-state index in [9.17, 15) is 4.79 Å². The number of benzene rings is 1. The molecular weight excluding hydrogens is 186 g/mol. The third-order valence-electron chi connectivity index (χ3n) is 2.57. The molecule has 0 atom stereocenters. The summed E-state index contributed by atoms with van der Waals surface area (Å²) in [6.45, 7) is 5.60. The number of carbonyl (C=O) groups is 1. The second-order valence-electron chi connectivity index (χ2n) is 3.47. The van der Waals surface area contributed by atoms with Crippen molar-refractivity contribution in [2.24, 2.45) is 0 Å². The SMILES string of the molecule is C=CC(=O)n1ccc2cc(CC)ccc21. The van der Waals surface area contributed by atoms with E-state index in [4.69, 9.17) is 0 Å². The molecule has 2 aromatic rings. The van der Waals surface area contributed by atoms with E-state index in [2.05, 4.69) is 25.6 Å². The molecule has 1 heterocycles. The van der Waals surface area contributed by atoms with Crippen LogP contribution < -0.4 is 0 Å². The second-order valence-corrected chi connectivity index (χ2v) is 3.47. The van der Waals surface area contributed by atoms with Gasteiger partial charge in [0.1, 0.15) is 0 Å². The van der Waals surface area contributed by atoms with Gasteiger partial charge in [0.25, 0.3) is 5.91 Å². The molecule has 0 saturated carbocycles. The summed E-state index contributed by atoms with van der Waals surface area (Å²) in [6.07, 6.45) is 4.12. The molecule has 2 rings (SSSR count). The lowest BCUT2D eigenvalue weighted by Crippen LogP contribution is -2.04. The third-order valence-corrected chi connectivity index (χ3v) is 2.57. The quantitative estimate of drug-likeness (QED) is 0.681. The first-order valence-electron chi connectivity index (χ1n) is 5.03. The summed E-state index contributed by atoms with van der Waals surface area (Å²) in [4.78, 5) is 11.5. The van der Waals surface area contributed by atoms with Crippen LogP contribution in [0, 0.1) is 0 Å². The molecule has 1 aromatic carbocycles. The molecule has 0 radical (unpaired) electrons. The number of nitrogens with zero attached hydrogens (tertiary/aromatic N) is 1. The summed E-state index contributed by atoms with van der Waals surface area (Å²) >= 11 is 0. The Hall–Kier alpha value is -1.83. The van der Waals surface area contributed by atoms with Crippen molar-refractivity contribution in [1.82, 2.24) is 4.57 Å². The van der Waals surface area contributed by atoms with E-state index >= 15 is 0 Å². The highest BCUT2D eigenvalue weighted by Gasteiger charge is 2.05. The Morgan fingerprint density at radius 2 is 2.27 bits per heavy atom. The van der Waals surface area contributed by atoms with Crippen LogP contribution in [0.4, 0.5) is 0 Å². The van der Waals surface area contributed by atoms with Crippen LogP contribution in [-0.4, -0.2) is 10.5 Å². The zero-order chi connectivity index (χ0) is 10.8. The molecular formula is C13H13NO. The van der Waals surface area contributed by atoms with Crippen LogP contribution in [0.5, 0.6) is 0 Å². The third kappa shape index (κ3) is 1.59. The van der Waals surface area contributed by atoms with Gasteiger partial charge < -0.3 is 0 Å². The Kier molecular flexibility index (Phi) is 2.42. The first kappa shape index (κ1) is 9.71. The summed E-state index contributed by atoms with van der Waals surface area (Å²) in [5.74, 6) is -0.0887. The highest BCUT2D eigenvalue weighted by atomic mass is 16.1. The minimum Gasteiger partial charge on any atom is -0.284 e. The van der Waals surface area contributed by atoms with Gasteiger partial charge in [-0.05, 0) is 36.3 Å². The number of rotatable bonds is 2. The van der Waals surface area contributed by atoms with Crippen molar-refractivity contribution in [3.05, 3.63) is 48.7 Å². The summed E-state index contributed by atoms with van der Waals surface area (Å²) in [5.41, 5.74) is 2.23. The molecule has 0 unspecified atom stereocenters. The smallest absolute Gasteiger partial charge is 0.254 e. The standard InChI is InChI=1S/C13H13NO/c1-3-10-5-6-12-11(9-10)7-8-14(12)13(15)4-2/h4-9H,2-3H2,1H3. The topological polar surface area (TPSA) is 22.0 Å². The number of hydrogen-bond acceptors (Lipinski definition) is 1. The van der Waals surface area contributed by atoms with Crippen LogP contribution in [0.15, 0.2) is 43.1 Å². The molecule has 0 bridgehead atoms. The number of hydrogen-bond donors (Lipinski definition) is 0. The maximum atomic E-state index is 11.5. The Morgan fingerprint density at radius 1 is 1.47 bits per heavy atom. The van der Waals surface area contributed by atoms with E-state index in [1.807, 2.05) is 12.1 Å². The molecule has 0 aliphatic heterocycles. The fourth-order valence-electron chi connectivity index (χ4n) is 1.70. The van der Waals surface area contributed by atoms with Crippen LogP contribution >= 0.6 is 0 Å². The summed E-state index contributed by atoms with van der Waals surface area (Å²) in [5, 5.41) is 1.10. The Balaban J connectivity index is 2.61. The largest absolute Gasteiger partial charge is 0.284 e. The van der Waals surface area contributed by atoms with Gasteiger partial charge in [0.15, 0.2) is 0 Å². The Bertz CT molecular complexity index is 522. The summed E-state index contributed by atoms with van der Waals surface area (Å²) in [7, 11) is 0. The van der Waals surface area contributed by atoms with Crippen molar-refractivity contribution in [3.8, 4) is 0 Å². The highest BCUT2D eigenvalue weighted by Crippen LogP contribution is 2.18. The second kappa shape index (κ2) is 3.73. The lowest BCUT2D eigenvalue weighted by atomic mass is 10.1. The van der Waals surface area contributed by atoms with E-state index in [0.29, 0.717) is 0 Å². The van der Waals surface area contributed by atoms with E-state index in [1.165, 1.54) is 11.6 Å². The molecule has 76 valence electrons. The van der Waals surface area contributed by atoms with Gasteiger partial charge in [-0.2, -0.15) is 0 Å². The van der Waals surface area contributed by atoms with E-state index < -0.39 is 0 Å². The molecule has 0 N–H and O–H groups in total. The maximum absolute atomic E-state index is 11.5. The molecule has 2 nitrogen and oxygen atoms in total. The normalized spacial score (nSPS) is 10.5. The number of aromatic nitrogens is 1. The molecule has 0 aliphatic carbocycles. The molecule has 1 aromatic heterocycles. The zero-order valence-corrected chi connectivity index (χ0v) is 8.73. The average Bonchev–Trinajstić information content (AvgIpc) is 2.70. The fourth-order valence-corrected chi connectivity index (χ4v) is 1.70. The van der Waals surface area contributed by atoms with Crippen molar-refractivity contribution in [2.45, 2.75) is 13.3 Å². The van der Waals surface area contributed by atoms with Crippen molar-refractivity contribution in [3.63, 3.8) is 0 Å². The van der Waals surface area contributed by atoms with E-state index in [0.717, 1.165) is 17.3 Å². The van der Waals surface area contributed by atoms with Crippen LogP contribution in [0.1, 0.15) is 17.3 Å². The van der Waals surface area contributed by atoms with Crippen LogP contribution in [0.25, 0.3) is 10.9 Å². The van der Waals surface area contributed by atoms with Crippen molar-refractivity contribution in [2.75, 3.05) is 0 Å². The molecule has 0 saturated heterocycles. The lowest BCUT2D eigenvalue weighted by Gasteiger charge is -2.01. The number of carbonyl (C=O) groups excluding carboxylic acids is 1. The highest BCUT2D eigenvalue weighted by molar-refractivity contribution is 5.97. The van der Waals surface area contributed by atoms with Gasteiger partial charge in [-0.3, -0.25) is 9.36 Å². The minimum absolute atomic E-state index is 0.0887. The van der Waals surface area contributed by atoms with Crippen LogP contribution in [-0.2, 0) is 6.42 Å². The van der Waals surface area contributed by atoms with Gasteiger partial charge >= 0.3 is 0 Å². The first-order chi connectivity index (χ1) is 7.26. The van der Waals surface area contributed by atoms with Gasteiger partial charge in [-0.1, -0.05) is 19.6 Å². The lowest BCUT2D eigenvalue weighted by molar-refractivity contribution is 0.0974. The van der Waals surface area contributed by atoms with Gasteiger partial charge in [-0.15, -0.1) is 0 Å². The van der Waals surface area contributed by atoms with E-state index in [1.54, 1.807) is 10.8 Å². The van der Waals surface area contributed by atoms with Crippen LogP contribution in [0.3, 0.4) is 0 Å². The Labute approximate surface area is 88.8 Å². The van der Waals surface area contributed by atoms with Crippen molar-refractivity contribution in [1.29, 1.82) is 0 Å².